The number of hydrogen-bond acceptors (Lipinski definition) is 3. The molecule has 1 N–H and O–H groups in total. The molecule has 3 aromatic rings. The molecule has 0 atom stereocenters. The van der Waals surface area contributed by atoms with Gasteiger partial charge in [-0.1, -0.05) is 12.1 Å². The number of benzene rings is 1. The van der Waals surface area contributed by atoms with E-state index < -0.39 is 0 Å². The Bertz CT molecular complexity index is 868. The summed E-state index contributed by atoms with van der Waals surface area (Å²) in [5, 5.41) is 2.90. The largest absolute Gasteiger partial charge is 0.496 e. The molecule has 2 aromatic heterocycles. The molecule has 23 heavy (non-hydrogen) atoms. The lowest BCUT2D eigenvalue weighted by Crippen LogP contribution is -2.23. The highest BCUT2D eigenvalue weighted by atomic mass is 16.5. The molecule has 5 heteroatoms. The van der Waals surface area contributed by atoms with E-state index in [2.05, 4.69) is 10.3 Å². The van der Waals surface area contributed by atoms with Gasteiger partial charge in [-0.3, -0.25) is 4.79 Å². The monoisotopic (exact) mass is 309 g/mol. The first-order valence-electron chi connectivity index (χ1n) is 7.45. The number of hydrogen-bond donors (Lipinski definition) is 1. The van der Waals surface area contributed by atoms with E-state index in [1.165, 1.54) is 0 Å². The lowest BCUT2D eigenvalue weighted by Gasteiger charge is -2.08. The molecule has 3 rings (SSSR count). The van der Waals surface area contributed by atoms with Gasteiger partial charge in [-0.05, 0) is 43.7 Å². The summed E-state index contributed by atoms with van der Waals surface area (Å²) in [5.74, 6) is 0.568. The fourth-order valence-corrected chi connectivity index (χ4v) is 2.52. The zero-order chi connectivity index (χ0) is 16.4. The first kappa shape index (κ1) is 15.1. The summed E-state index contributed by atoms with van der Waals surface area (Å²) in [5.41, 5.74) is 4.39. The lowest BCUT2D eigenvalue weighted by atomic mass is 10.1. The third-order valence-corrected chi connectivity index (χ3v) is 3.85. The molecule has 5 nitrogen and oxygen atoms in total. The summed E-state index contributed by atoms with van der Waals surface area (Å²) < 4.78 is 7.27. The molecule has 0 saturated carbocycles. The van der Waals surface area contributed by atoms with Crippen LogP contribution < -0.4 is 10.1 Å². The maximum atomic E-state index is 12.3. The third-order valence-electron chi connectivity index (χ3n) is 3.85. The number of methoxy groups -OCH3 is 1. The van der Waals surface area contributed by atoms with Crippen LogP contribution >= 0.6 is 0 Å². The summed E-state index contributed by atoms with van der Waals surface area (Å²) in [6.45, 7) is 4.35. The van der Waals surface area contributed by atoms with Crippen LogP contribution in [0.5, 0.6) is 5.75 Å². The Hall–Kier alpha value is -2.82. The number of carbonyl (C=O) groups is 1. The number of pyridine rings is 1. The van der Waals surface area contributed by atoms with Crippen LogP contribution in [0.4, 0.5) is 0 Å². The number of rotatable bonds is 4. The average molecular weight is 309 g/mol. The van der Waals surface area contributed by atoms with Crippen LogP contribution in [-0.2, 0) is 6.54 Å². The molecule has 2 heterocycles. The van der Waals surface area contributed by atoms with Crippen LogP contribution in [0.1, 0.15) is 27.3 Å². The Labute approximate surface area is 134 Å². The van der Waals surface area contributed by atoms with Crippen molar-refractivity contribution in [3.8, 4) is 5.75 Å². The molecule has 118 valence electrons. The molecule has 1 amide bonds. The first-order valence-corrected chi connectivity index (χ1v) is 7.45. The van der Waals surface area contributed by atoms with E-state index in [4.69, 9.17) is 4.74 Å². The molecule has 0 aliphatic rings. The van der Waals surface area contributed by atoms with Gasteiger partial charge in [-0.2, -0.15) is 0 Å². The van der Waals surface area contributed by atoms with Crippen LogP contribution in [0, 0.1) is 13.8 Å². The normalized spacial score (nSPS) is 10.7. The molecule has 0 bridgehead atoms. The van der Waals surface area contributed by atoms with Crippen molar-refractivity contribution in [3.63, 3.8) is 0 Å². The number of aryl methyl sites for hydroxylation is 2. The predicted molar refractivity (Wildman–Crippen MR) is 88.8 cm³/mol. The fraction of sp³-hybridized carbons (Fsp3) is 0.222. The Kier molecular flexibility index (Phi) is 4.02. The van der Waals surface area contributed by atoms with Crippen molar-refractivity contribution in [2.24, 2.45) is 0 Å². The van der Waals surface area contributed by atoms with Crippen molar-refractivity contribution in [1.82, 2.24) is 14.7 Å². The maximum Gasteiger partial charge on any atom is 0.251 e. The van der Waals surface area contributed by atoms with Crippen LogP contribution in [0.25, 0.3) is 5.65 Å². The number of imidazole rings is 1. The second kappa shape index (κ2) is 6.12. The molecule has 0 spiro atoms. The van der Waals surface area contributed by atoms with Crippen molar-refractivity contribution in [2.45, 2.75) is 20.4 Å². The van der Waals surface area contributed by atoms with E-state index in [0.717, 1.165) is 22.6 Å². The molecule has 0 aliphatic heterocycles. The average Bonchev–Trinajstić information content (AvgIpc) is 2.97. The summed E-state index contributed by atoms with van der Waals surface area (Å²) >= 11 is 0. The Morgan fingerprint density at radius 2 is 2.09 bits per heavy atom. The number of fused-ring (bicyclic) bond motifs is 1. The first-order chi connectivity index (χ1) is 11.1. The van der Waals surface area contributed by atoms with Gasteiger partial charge in [-0.15, -0.1) is 0 Å². The third kappa shape index (κ3) is 3.04. The Morgan fingerprint density at radius 1 is 1.26 bits per heavy atom. The smallest absolute Gasteiger partial charge is 0.251 e. The van der Waals surface area contributed by atoms with Gasteiger partial charge in [0.2, 0.25) is 0 Å². The number of carbonyl (C=O) groups excluding carboxylic acids is 1. The number of aromatic nitrogens is 2. The zero-order valence-electron chi connectivity index (χ0n) is 13.5. The van der Waals surface area contributed by atoms with E-state index in [9.17, 15) is 4.79 Å². The van der Waals surface area contributed by atoms with E-state index >= 15 is 0 Å². The van der Waals surface area contributed by atoms with Crippen LogP contribution in [0.3, 0.4) is 0 Å². The fourth-order valence-electron chi connectivity index (χ4n) is 2.52. The summed E-state index contributed by atoms with van der Waals surface area (Å²) in [6, 6.07) is 11.4. The van der Waals surface area contributed by atoms with Gasteiger partial charge < -0.3 is 14.5 Å². The van der Waals surface area contributed by atoms with Crippen molar-refractivity contribution < 1.29 is 9.53 Å². The van der Waals surface area contributed by atoms with E-state index in [-0.39, 0.29) is 5.91 Å². The molecule has 0 saturated heterocycles. The van der Waals surface area contributed by atoms with Crippen molar-refractivity contribution in [3.05, 3.63) is 65.1 Å². The number of ether oxygens (including phenoxy) is 1. The minimum Gasteiger partial charge on any atom is -0.496 e. The van der Waals surface area contributed by atoms with Crippen molar-refractivity contribution >= 4 is 11.6 Å². The predicted octanol–water partition coefficient (Wildman–Crippen LogP) is 2.89. The highest BCUT2D eigenvalue weighted by Gasteiger charge is 2.10. The van der Waals surface area contributed by atoms with E-state index in [1.807, 2.05) is 48.7 Å². The second-order valence-corrected chi connectivity index (χ2v) is 5.49. The van der Waals surface area contributed by atoms with Gasteiger partial charge in [0, 0.05) is 17.5 Å². The van der Waals surface area contributed by atoms with Crippen molar-refractivity contribution in [1.29, 1.82) is 0 Å². The molecular weight excluding hydrogens is 290 g/mol. The molecule has 0 fully saturated rings. The van der Waals surface area contributed by atoms with Crippen molar-refractivity contribution in [2.75, 3.05) is 7.11 Å². The lowest BCUT2D eigenvalue weighted by molar-refractivity contribution is 0.0950. The quantitative estimate of drug-likeness (QED) is 0.806. The van der Waals surface area contributed by atoms with Gasteiger partial charge in [0.25, 0.3) is 5.91 Å². The number of nitrogens with zero attached hydrogens (tertiary/aromatic N) is 2. The topological polar surface area (TPSA) is 55.6 Å². The highest BCUT2D eigenvalue weighted by Crippen LogP contribution is 2.19. The molecule has 1 aromatic carbocycles. The maximum absolute atomic E-state index is 12.3. The summed E-state index contributed by atoms with van der Waals surface area (Å²) in [7, 11) is 1.60. The highest BCUT2D eigenvalue weighted by molar-refractivity contribution is 5.94. The standard InChI is InChI=1S/C18H19N3O2/c1-12-7-8-14(9-16(12)23-3)18(22)19-10-15-11-21-13(2)5-4-6-17(21)20-15/h4-9,11H,10H2,1-3H3,(H,19,22). The van der Waals surface area contributed by atoms with Crippen LogP contribution in [0.2, 0.25) is 0 Å². The second-order valence-electron chi connectivity index (χ2n) is 5.49. The Morgan fingerprint density at radius 3 is 2.83 bits per heavy atom. The van der Waals surface area contributed by atoms with Gasteiger partial charge in [0.15, 0.2) is 0 Å². The molecule has 0 aliphatic carbocycles. The summed E-state index contributed by atoms with van der Waals surface area (Å²) in [6.07, 6.45) is 1.95. The van der Waals surface area contributed by atoms with E-state index in [0.29, 0.717) is 17.9 Å². The molecular formula is C18H19N3O2. The number of nitrogens with one attached hydrogen (secondary N) is 1. The van der Waals surface area contributed by atoms with E-state index in [1.54, 1.807) is 19.2 Å². The molecule has 0 unspecified atom stereocenters. The number of amides is 1. The minimum atomic E-state index is -0.142. The molecule has 0 radical (unpaired) electrons. The van der Waals surface area contributed by atoms with Gasteiger partial charge in [-0.25, -0.2) is 4.98 Å². The SMILES string of the molecule is COc1cc(C(=O)NCc2cn3c(C)cccc3n2)ccc1C. The van der Waals surface area contributed by atoms with Gasteiger partial charge >= 0.3 is 0 Å². The Balaban J connectivity index is 1.74. The van der Waals surface area contributed by atoms with Crippen LogP contribution in [0.15, 0.2) is 42.6 Å². The van der Waals surface area contributed by atoms with Gasteiger partial charge in [0.1, 0.15) is 11.4 Å². The summed E-state index contributed by atoms with van der Waals surface area (Å²) in [4.78, 5) is 16.8. The van der Waals surface area contributed by atoms with Crippen LogP contribution in [-0.4, -0.2) is 22.4 Å². The van der Waals surface area contributed by atoms with Gasteiger partial charge in [0.05, 0.1) is 19.3 Å². The minimum absolute atomic E-state index is 0.142. The zero-order valence-corrected chi connectivity index (χ0v) is 13.5.